The minimum Gasteiger partial charge on any atom is -0.507 e. The predicted molar refractivity (Wildman–Crippen MR) is 106 cm³/mol. The Bertz CT molecular complexity index is 1080. The second-order valence-corrected chi connectivity index (χ2v) is 7.73. The molecule has 0 saturated carbocycles. The fraction of sp³-hybridized carbons (Fsp3) is 0.222. The van der Waals surface area contributed by atoms with Gasteiger partial charge in [-0.15, -0.1) is 22.7 Å². The van der Waals surface area contributed by atoms with E-state index in [2.05, 4.69) is 15.3 Å². The van der Waals surface area contributed by atoms with Gasteiger partial charge in [-0.2, -0.15) is 0 Å². The average Bonchev–Trinajstić information content (AvgIpc) is 3.28. The molecule has 2 aromatic heterocycles. The monoisotopic (exact) mass is 437 g/mol. The van der Waals surface area contributed by atoms with Crippen molar-refractivity contribution in [1.82, 2.24) is 15.3 Å². The Morgan fingerprint density at radius 1 is 1.31 bits per heavy atom. The molecule has 0 saturated heterocycles. The van der Waals surface area contributed by atoms with Gasteiger partial charge in [0.05, 0.1) is 29.4 Å². The fourth-order valence-electron chi connectivity index (χ4n) is 2.49. The summed E-state index contributed by atoms with van der Waals surface area (Å²) in [5, 5.41) is 24.1. The minimum atomic E-state index is -1.42. The van der Waals surface area contributed by atoms with Crippen molar-refractivity contribution in [1.29, 1.82) is 0 Å². The van der Waals surface area contributed by atoms with Gasteiger partial charge in [-0.1, -0.05) is 0 Å². The lowest BCUT2D eigenvalue weighted by Gasteiger charge is -2.04. The number of hydrogen-bond acceptors (Lipinski definition) is 8. The fourth-order valence-corrected chi connectivity index (χ4v) is 4.36. The van der Waals surface area contributed by atoms with Crippen LogP contribution in [0.5, 0.6) is 5.75 Å². The van der Waals surface area contributed by atoms with Crippen LogP contribution in [0, 0.1) is 12.7 Å². The number of aryl methyl sites for hydroxylation is 1. The molecule has 8 nitrogen and oxygen atoms in total. The summed E-state index contributed by atoms with van der Waals surface area (Å²) in [4.78, 5) is 32.0. The van der Waals surface area contributed by atoms with E-state index in [9.17, 15) is 19.1 Å². The maximum absolute atomic E-state index is 14.3. The number of phenols is 1. The van der Waals surface area contributed by atoms with Crippen LogP contribution in [0.4, 0.5) is 9.18 Å². The van der Waals surface area contributed by atoms with E-state index < -0.39 is 29.2 Å². The second-order valence-electron chi connectivity index (χ2n) is 5.79. The molecule has 0 fully saturated rings. The molecule has 3 aromatic rings. The highest BCUT2D eigenvalue weighted by Gasteiger charge is 2.19. The van der Waals surface area contributed by atoms with E-state index in [0.717, 1.165) is 28.3 Å². The lowest BCUT2D eigenvalue weighted by Crippen LogP contribution is -2.23. The van der Waals surface area contributed by atoms with Crippen molar-refractivity contribution >= 4 is 34.7 Å². The summed E-state index contributed by atoms with van der Waals surface area (Å²) in [6, 6.07) is 1.82. The Labute approximate surface area is 172 Å². The van der Waals surface area contributed by atoms with Gasteiger partial charge >= 0.3 is 12.1 Å². The number of aromatic carboxylic acids is 1. The number of thiazole rings is 2. The number of amides is 1. The Morgan fingerprint density at radius 3 is 2.76 bits per heavy atom. The van der Waals surface area contributed by atoms with Crippen LogP contribution in [0.2, 0.25) is 0 Å². The summed E-state index contributed by atoms with van der Waals surface area (Å²) in [7, 11) is 0. The summed E-state index contributed by atoms with van der Waals surface area (Å²) in [6.45, 7) is 3.99. The smallest absolute Gasteiger partial charge is 0.407 e. The van der Waals surface area contributed by atoms with Crippen LogP contribution < -0.4 is 5.32 Å². The molecular formula is C18H16FN3O5S2. The highest BCUT2D eigenvalue weighted by molar-refractivity contribution is 7.16. The number of halogens is 1. The Morgan fingerprint density at radius 2 is 2.07 bits per heavy atom. The normalized spacial score (nSPS) is 10.7. The molecule has 11 heteroatoms. The van der Waals surface area contributed by atoms with Gasteiger partial charge in [-0.3, -0.25) is 0 Å². The topological polar surface area (TPSA) is 122 Å². The molecule has 0 unspecified atom stereocenters. The number of rotatable bonds is 6. The number of carbonyl (C=O) groups is 2. The van der Waals surface area contributed by atoms with Crippen molar-refractivity contribution in [3.63, 3.8) is 0 Å². The molecule has 0 aliphatic heterocycles. The summed E-state index contributed by atoms with van der Waals surface area (Å²) in [6.07, 6.45) is -0.530. The zero-order valence-electron chi connectivity index (χ0n) is 15.4. The van der Waals surface area contributed by atoms with Crippen molar-refractivity contribution in [2.45, 2.75) is 20.4 Å². The molecular weight excluding hydrogens is 421 g/mol. The maximum Gasteiger partial charge on any atom is 0.407 e. The number of ether oxygens (including phenoxy) is 1. The summed E-state index contributed by atoms with van der Waals surface area (Å²) < 4.78 is 19.1. The molecule has 2 heterocycles. The van der Waals surface area contributed by atoms with Crippen LogP contribution in [0.15, 0.2) is 17.5 Å². The molecule has 0 atom stereocenters. The predicted octanol–water partition coefficient (Wildman–Crippen LogP) is 4.03. The van der Waals surface area contributed by atoms with E-state index >= 15 is 0 Å². The molecule has 0 aliphatic carbocycles. The third kappa shape index (κ3) is 4.51. The van der Waals surface area contributed by atoms with Crippen molar-refractivity contribution in [3.05, 3.63) is 39.6 Å². The van der Waals surface area contributed by atoms with Crippen molar-refractivity contribution < 1.29 is 28.9 Å². The summed E-state index contributed by atoms with van der Waals surface area (Å²) in [5.41, 5.74) is 0.774. The molecule has 1 amide bonds. The lowest BCUT2D eigenvalue weighted by molar-refractivity contribution is 0.0693. The van der Waals surface area contributed by atoms with Crippen molar-refractivity contribution in [3.8, 4) is 26.9 Å². The molecule has 0 radical (unpaired) electrons. The van der Waals surface area contributed by atoms with Crippen LogP contribution >= 0.6 is 22.7 Å². The average molecular weight is 437 g/mol. The zero-order chi connectivity index (χ0) is 21.1. The second kappa shape index (κ2) is 8.53. The van der Waals surface area contributed by atoms with Gasteiger partial charge in [-0.25, -0.2) is 23.9 Å². The first-order valence-electron chi connectivity index (χ1n) is 8.39. The minimum absolute atomic E-state index is 0.00937. The van der Waals surface area contributed by atoms with E-state index in [4.69, 9.17) is 9.84 Å². The van der Waals surface area contributed by atoms with E-state index in [1.54, 1.807) is 19.2 Å². The number of alkyl carbamates (subject to hydrolysis) is 1. The first kappa shape index (κ1) is 20.7. The third-order valence-corrected chi connectivity index (χ3v) is 5.84. The standard InChI is InChI=1S/C18H16FN3O5S2/c1-3-27-18(26)20-6-14-21-8(2)15(29-14)12-7-28-16(22-12)9-5-13(23)10(17(24)25)4-11(9)19/h4-5,7,23H,3,6H2,1-2H3,(H,20,26)(H,24,25). The zero-order valence-corrected chi connectivity index (χ0v) is 17.0. The van der Waals surface area contributed by atoms with Crippen LogP contribution in [0.25, 0.3) is 21.1 Å². The number of carboxylic acid groups (broad SMARTS) is 1. The largest absolute Gasteiger partial charge is 0.507 e. The van der Waals surface area contributed by atoms with E-state index in [0.29, 0.717) is 21.4 Å². The number of carboxylic acids is 1. The molecule has 0 spiro atoms. The first-order chi connectivity index (χ1) is 13.8. The number of hydrogen-bond donors (Lipinski definition) is 3. The van der Waals surface area contributed by atoms with Gasteiger partial charge in [-0.05, 0) is 26.0 Å². The highest BCUT2D eigenvalue weighted by atomic mass is 32.1. The van der Waals surface area contributed by atoms with Gasteiger partial charge in [0, 0.05) is 10.9 Å². The Hall–Kier alpha value is -3.05. The third-order valence-electron chi connectivity index (χ3n) is 3.78. The number of benzene rings is 1. The molecule has 0 aliphatic rings. The number of carbonyl (C=O) groups excluding carboxylic acids is 1. The van der Waals surface area contributed by atoms with Crippen molar-refractivity contribution in [2.24, 2.45) is 0 Å². The number of aromatic nitrogens is 2. The van der Waals surface area contributed by atoms with Crippen LogP contribution in [0.3, 0.4) is 0 Å². The highest BCUT2D eigenvalue weighted by Crippen LogP contribution is 2.36. The van der Waals surface area contributed by atoms with Gasteiger partial charge in [0.1, 0.15) is 27.1 Å². The van der Waals surface area contributed by atoms with Gasteiger partial charge < -0.3 is 20.3 Å². The number of aromatic hydroxyl groups is 1. The maximum atomic E-state index is 14.3. The Kier molecular flexibility index (Phi) is 6.09. The molecule has 1 aromatic carbocycles. The van der Waals surface area contributed by atoms with Crippen LogP contribution in [0.1, 0.15) is 28.0 Å². The SMILES string of the molecule is CCOC(=O)NCc1nc(C)c(-c2csc(-c3cc(O)c(C(=O)O)cc3F)n2)s1. The number of nitrogens with one attached hydrogen (secondary N) is 1. The molecule has 29 heavy (non-hydrogen) atoms. The van der Waals surface area contributed by atoms with Crippen LogP contribution in [-0.2, 0) is 11.3 Å². The first-order valence-corrected chi connectivity index (χ1v) is 10.1. The molecule has 3 rings (SSSR count). The lowest BCUT2D eigenvalue weighted by atomic mass is 10.1. The van der Waals surface area contributed by atoms with Crippen molar-refractivity contribution in [2.75, 3.05) is 6.61 Å². The van der Waals surface area contributed by atoms with Gasteiger partial charge in [0.15, 0.2) is 0 Å². The van der Waals surface area contributed by atoms with Crippen LogP contribution in [-0.4, -0.2) is 38.9 Å². The van der Waals surface area contributed by atoms with E-state index in [1.165, 1.54) is 11.3 Å². The number of nitrogens with zero attached hydrogens (tertiary/aromatic N) is 2. The van der Waals surface area contributed by atoms with Gasteiger partial charge in [0.2, 0.25) is 0 Å². The molecule has 3 N–H and O–H groups in total. The van der Waals surface area contributed by atoms with Gasteiger partial charge in [0.25, 0.3) is 0 Å². The molecule has 0 bridgehead atoms. The van der Waals surface area contributed by atoms with E-state index in [1.807, 2.05) is 0 Å². The summed E-state index contributed by atoms with van der Waals surface area (Å²) >= 11 is 2.49. The Balaban J connectivity index is 1.85. The quantitative estimate of drug-likeness (QED) is 0.532. The molecule has 152 valence electrons. The van der Waals surface area contributed by atoms with E-state index in [-0.39, 0.29) is 18.7 Å². The summed E-state index contributed by atoms with van der Waals surface area (Å²) in [5.74, 6) is -2.74.